The maximum Gasteiger partial charge on any atom is 0.411 e. The van der Waals surface area contributed by atoms with Gasteiger partial charge in [0.25, 0.3) is 0 Å². The van der Waals surface area contributed by atoms with Gasteiger partial charge in [0, 0.05) is 31.0 Å². The Bertz CT molecular complexity index is 1160. The van der Waals surface area contributed by atoms with Gasteiger partial charge in [0.1, 0.15) is 23.1 Å². The molecule has 3 aromatic carbocycles. The van der Waals surface area contributed by atoms with Crippen molar-refractivity contribution in [3.05, 3.63) is 95.3 Å². The molecule has 3 atom stereocenters. The first-order valence-corrected chi connectivity index (χ1v) is 11.2. The van der Waals surface area contributed by atoms with Gasteiger partial charge in [-0.15, -0.1) is 0 Å². The topological polar surface area (TPSA) is 49.8 Å². The SMILES string of the molecule is CC(O)CC1(c2ccc(F)cc2)CCN([C@@H](C)c2ccc(-c3ccc(F)cc3F)cc2)C(=O)O1. The van der Waals surface area contributed by atoms with Crippen LogP contribution in [0.5, 0.6) is 0 Å². The number of ether oxygens (including phenoxy) is 1. The zero-order valence-corrected chi connectivity index (χ0v) is 19.0. The van der Waals surface area contributed by atoms with Gasteiger partial charge in [0.2, 0.25) is 0 Å². The van der Waals surface area contributed by atoms with Crippen molar-refractivity contribution < 1.29 is 27.8 Å². The lowest BCUT2D eigenvalue weighted by Crippen LogP contribution is -2.49. The van der Waals surface area contributed by atoms with Crippen LogP contribution in [0.4, 0.5) is 18.0 Å². The summed E-state index contributed by atoms with van der Waals surface area (Å²) < 4.78 is 46.7. The zero-order valence-electron chi connectivity index (χ0n) is 19.0. The van der Waals surface area contributed by atoms with E-state index >= 15 is 0 Å². The third-order valence-electron chi connectivity index (χ3n) is 6.37. The maximum absolute atomic E-state index is 14.1. The van der Waals surface area contributed by atoms with Gasteiger partial charge in [-0.1, -0.05) is 36.4 Å². The summed E-state index contributed by atoms with van der Waals surface area (Å²) in [6.45, 7) is 3.87. The highest BCUT2D eigenvalue weighted by Gasteiger charge is 2.44. The monoisotopic (exact) mass is 469 g/mol. The van der Waals surface area contributed by atoms with Gasteiger partial charge in [-0.2, -0.15) is 0 Å². The molecule has 34 heavy (non-hydrogen) atoms. The second kappa shape index (κ2) is 9.50. The number of rotatable bonds is 6. The van der Waals surface area contributed by atoms with Gasteiger partial charge in [0.15, 0.2) is 0 Å². The Hall–Kier alpha value is -3.32. The summed E-state index contributed by atoms with van der Waals surface area (Å²) in [7, 11) is 0. The van der Waals surface area contributed by atoms with Crippen molar-refractivity contribution in [2.24, 2.45) is 0 Å². The molecule has 3 aromatic rings. The molecule has 1 fully saturated rings. The summed E-state index contributed by atoms with van der Waals surface area (Å²) in [6, 6.07) is 16.0. The van der Waals surface area contributed by atoms with Gasteiger partial charge in [-0.25, -0.2) is 18.0 Å². The summed E-state index contributed by atoms with van der Waals surface area (Å²) >= 11 is 0. The first kappa shape index (κ1) is 23.8. The van der Waals surface area contributed by atoms with Gasteiger partial charge in [0.05, 0.1) is 12.1 Å². The highest BCUT2D eigenvalue weighted by Crippen LogP contribution is 2.40. The molecule has 178 valence electrons. The number of carbonyl (C=O) groups is 1. The number of benzene rings is 3. The van der Waals surface area contributed by atoms with Crippen molar-refractivity contribution in [3.63, 3.8) is 0 Å². The predicted octanol–water partition coefficient (Wildman–Crippen LogP) is 6.34. The first-order chi connectivity index (χ1) is 16.2. The molecule has 2 unspecified atom stereocenters. The average Bonchev–Trinajstić information content (AvgIpc) is 2.79. The number of hydrogen-bond acceptors (Lipinski definition) is 3. The Balaban J connectivity index is 1.53. The third-order valence-corrected chi connectivity index (χ3v) is 6.37. The fourth-order valence-corrected chi connectivity index (χ4v) is 4.56. The van der Waals surface area contributed by atoms with Crippen molar-refractivity contribution in [1.29, 1.82) is 0 Å². The van der Waals surface area contributed by atoms with Gasteiger partial charge < -0.3 is 14.7 Å². The predicted molar refractivity (Wildman–Crippen MR) is 122 cm³/mol. The molecule has 0 aromatic heterocycles. The minimum absolute atomic E-state index is 0.199. The molecule has 1 aliphatic rings. The zero-order chi connectivity index (χ0) is 24.5. The third kappa shape index (κ3) is 4.80. The molecule has 4 rings (SSSR count). The fraction of sp³-hybridized carbons (Fsp3) is 0.296. The summed E-state index contributed by atoms with van der Waals surface area (Å²) in [5.41, 5.74) is 1.32. The Morgan fingerprint density at radius 3 is 2.21 bits per heavy atom. The summed E-state index contributed by atoms with van der Waals surface area (Å²) in [4.78, 5) is 14.7. The molecule has 4 nitrogen and oxygen atoms in total. The molecule has 0 bridgehead atoms. The van der Waals surface area contributed by atoms with Crippen LogP contribution in [0.2, 0.25) is 0 Å². The number of nitrogens with zero attached hydrogens (tertiary/aromatic N) is 1. The van der Waals surface area contributed by atoms with E-state index in [9.17, 15) is 23.1 Å². The van der Waals surface area contributed by atoms with Crippen LogP contribution in [0.25, 0.3) is 11.1 Å². The van der Waals surface area contributed by atoms with Gasteiger partial charge in [-0.3, -0.25) is 0 Å². The Morgan fingerprint density at radius 2 is 1.62 bits per heavy atom. The molecule has 1 aliphatic heterocycles. The van der Waals surface area contributed by atoms with E-state index < -0.39 is 35.2 Å². The summed E-state index contributed by atoms with van der Waals surface area (Å²) in [6.07, 6.45) is -0.623. The van der Waals surface area contributed by atoms with E-state index in [1.165, 1.54) is 24.3 Å². The molecule has 1 saturated heterocycles. The number of amides is 1. The maximum atomic E-state index is 14.1. The van der Waals surface area contributed by atoms with Crippen LogP contribution in [-0.2, 0) is 10.3 Å². The Kier molecular flexibility index (Phi) is 6.66. The van der Waals surface area contributed by atoms with E-state index in [0.717, 1.165) is 11.6 Å². The van der Waals surface area contributed by atoms with Gasteiger partial charge >= 0.3 is 6.09 Å². The van der Waals surface area contributed by atoms with Crippen molar-refractivity contribution >= 4 is 6.09 Å². The lowest BCUT2D eigenvalue weighted by molar-refractivity contribution is -0.0815. The van der Waals surface area contributed by atoms with Crippen molar-refractivity contribution in [2.75, 3.05) is 6.54 Å². The fourth-order valence-electron chi connectivity index (χ4n) is 4.56. The lowest BCUT2D eigenvalue weighted by Gasteiger charge is -2.44. The van der Waals surface area contributed by atoms with Crippen LogP contribution < -0.4 is 0 Å². The van der Waals surface area contributed by atoms with E-state index in [1.807, 2.05) is 6.92 Å². The van der Waals surface area contributed by atoms with E-state index in [2.05, 4.69) is 0 Å². The molecule has 7 heteroatoms. The molecule has 1 amide bonds. The largest absolute Gasteiger partial charge is 0.438 e. The van der Waals surface area contributed by atoms with Crippen molar-refractivity contribution in [1.82, 2.24) is 4.90 Å². The van der Waals surface area contributed by atoms with Crippen LogP contribution in [0.15, 0.2) is 66.7 Å². The van der Waals surface area contributed by atoms with Crippen LogP contribution >= 0.6 is 0 Å². The molecule has 0 radical (unpaired) electrons. The van der Waals surface area contributed by atoms with Crippen LogP contribution in [0, 0.1) is 17.5 Å². The molecular weight excluding hydrogens is 443 g/mol. The van der Waals surface area contributed by atoms with Crippen molar-refractivity contribution in [2.45, 2.75) is 44.4 Å². The second-order valence-corrected chi connectivity index (χ2v) is 8.79. The highest BCUT2D eigenvalue weighted by atomic mass is 19.1. The minimum Gasteiger partial charge on any atom is -0.438 e. The highest BCUT2D eigenvalue weighted by molar-refractivity contribution is 5.70. The lowest BCUT2D eigenvalue weighted by atomic mass is 9.83. The molecule has 1 heterocycles. The van der Waals surface area contributed by atoms with Crippen LogP contribution in [-0.4, -0.2) is 28.7 Å². The number of aliphatic hydroxyl groups is 1. The number of carbonyl (C=O) groups excluding carboxylic acids is 1. The molecular formula is C27H26F3NO3. The van der Waals surface area contributed by atoms with E-state index in [4.69, 9.17) is 4.74 Å². The average molecular weight is 470 g/mol. The van der Waals surface area contributed by atoms with E-state index in [1.54, 1.807) is 48.2 Å². The van der Waals surface area contributed by atoms with Gasteiger partial charge in [-0.05, 0) is 54.8 Å². The second-order valence-electron chi connectivity index (χ2n) is 8.79. The number of aliphatic hydroxyl groups excluding tert-OH is 1. The Morgan fingerprint density at radius 1 is 0.971 bits per heavy atom. The molecule has 0 spiro atoms. The quantitative estimate of drug-likeness (QED) is 0.458. The van der Waals surface area contributed by atoms with Crippen LogP contribution in [0.3, 0.4) is 0 Å². The number of cyclic esters (lactones) is 1. The minimum atomic E-state index is -1.04. The number of hydrogen-bond donors (Lipinski definition) is 1. The standard InChI is InChI=1S/C27H26F3NO3/c1-17(32)16-27(21-7-9-22(28)10-8-21)13-14-31(26(33)34-27)18(2)19-3-5-20(6-4-19)24-12-11-23(29)15-25(24)30/h3-12,15,17-18,32H,13-14,16H2,1-2H3/t17?,18-,27?/m0/s1. The van der Waals surface area contributed by atoms with E-state index in [0.29, 0.717) is 29.7 Å². The number of halogens is 3. The van der Waals surface area contributed by atoms with E-state index in [-0.39, 0.29) is 12.5 Å². The smallest absolute Gasteiger partial charge is 0.411 e. The first-order valence-electron chi connectivity index (χ1n) is 11.2. The normalized spacial score (nSPS) is 20.1. The Labute approximate surface area is 196 Å². The molecule has 0 saturated carbocycles. The summed E-state index contributed by atoms with van der Waals surface area (Å²) in [5, 5.41) is 10.1. The van der Waals surface area contributed by atoms with Crippen LogP contribution in [0.1, 0.15) is 43.9 Å². The molecule has 1 N–H and O–H groups in total. The van der Waals surface area contributed by atoms with Crippen molar-refractivity contribution in [3.8, 4) is 11.1 Å². The summed E-state index contributed by atoms with van der Waals surface area (Å²) in [5.74, 6) is -1.67. The molecule has 0 aliphatic carbocycles.